The summed E-state index contributed by atoms with van der Waals surface area (Å²) < 4.78 is 5.15. The van der Waals surface area contributed by atoms with Crippen LogP contribution in [-0.2, 0) is 9.59 Å². The highest BCUT2D eigenvalue weighted by Gasteiger charge is 2.39. The summed E-state index contributed by atoms with van der Waals surface area (Å²) in [5.41, 5.74) is 4.74. The summed E-state index contributed by atoms with van der Waals surface area (Å²) in [5.74, 6) is 0.113. The number of aliphatic imine (C=N–C) groups is 1. The number of carbonyl (C=O) groups is 2. The molecule has 5 rings (SSSR count). The number of aryl methyl sites for hydroxylation is 1. The average Bonchev–Trinajstić information content (AvgIpc) is 3.49. The summed E-state index contributed by atoms with van der Waals surface area (Å²) in [6, 6.07) is 22.8. The van der Waals surface area contributed by atoms with Gasteiger partial charge in [-0.25, -0.2) is 5.01 Å². The minimum Gasteiger partial charge on any atom is -0.497 e. The molecule has 9 heteroatoms. The Kier molecular flexibility index (Phi) is 7.30. The van der Waals surface area contributed by atoms with Gasteiger partial charge in [-0.15, -0.1) is 0 Å². The Balaban J connectivity index is 1.33. The molecule has 2 aliphatic heterocycles. The van der Waals surface area contributed by atoms with Crippen LogP contribution in [0.5, 0.6) is 5.75 Å². The summed E-state index contributed by atoms with van der Waals surface area (Å²) in [7, 11) is 1.58. The van der Waals surface area contributed by atoms with Crippen LogP contribution in [0.2, 0.25) is 5.02 Å². The van der Waals surface area contributed by atoms with Crippen molar-refractivity contribution in [3.05, 3.63) is 94.5 Å². The van der Waals surface area contributed by atoms with Crippen molar-refractivity contribution in [1.29, 1.82) is 0 Å². The molecule has 0 fully saturated rings. The van der Waals surface area contributed by atoms with Gasteiger partial charge in [0.15, 0.2) is 5.17 Å². The van der Waals surface area contributed by atoms with Crippen LogP contribution >= 0.6 is 23.4 Å². The van der Waals surface area contributed by atoms with Crippen molar-refractivity contribution < 1.29 is 14.3 Å². The van der Waals surface area contributed by atoms with Crippen molar-refractivity contribution in [2.75, 3.05) is 12.4 Å². The number of benzene rings is 3. The van der Waals surface area contributed by atoms with Crippen LogP contribution in [-0.4, -0.2) is 40.1 Å². The summed E-state index contributed by atoms with van der Waals surface area (Å²) in [4.78, 5) is 29.8. The lowest BCUT2D eigenvalue weighted by molar-refractivity contribution is -0.121. The van der Waals surface area contributed by atoms with Gasteiger partial charge in [0.1, 0.15) is 11.0 Å². The summed E-state index contributed by atoms with van der Waals surface area (Å²) in [6.07, 6.45) is 0.667. The van der Waals surface area contributed by atoms with Crippen LogP contribution in [0.4, 0.5) is 5.69 Å². The van der Waals surface area contributed by atoms with Crippen LogP contribution in [0.25, 0.3) is 0 Å². The molecule has 188 valence electrons. The smallest absolute Gasteiger partial charge is 0.262 e. The first-order valence-electron chi connectivity index (χ1n) is 11.8. The zero-order valence-electron chi connectivity index (χ0n) is 20.3. The van der Waals surface area contributed by atoms with Gasteiger partial charge in [0.05, 0.1) is 18.9 Å². The maximum absolute atomic E-state index is 12.8. The fourth-order valence-electron chi connectivity index (χ4n) is 4.21. The average molecular weight is 533 g/mol. The minimum absolute atomic E-state index is 0.0132. The van der Waals surface area contributed by atoms with Crippen molar-refractivity contribution >= 4 is 51.7 Å². The molecule has 2 atom stereocenters. The van der Waals surface area contributed by atoms with E-state index >= 15 is 0 Å². The first-order valence-corrected chi connectivity index (χ1v) is 13.1. The van der Waals surface area contributed by atoms with E-state index in [4.69, 9.17) is 21.4 Å². The fraction of sp³-hybridized carbons (Fsp3) is 0.214. The molecular formula is C28H25ClN4O3S. The van der Waals surface area contributed by atoms with Crippen LogP contribution in [0.1, 0.15) is 35.6 Å². The molecule has 0 spiro atoms. The first kappa shape index (κ1) is 25.0. The van der Waals surface area contributed by atoms with Gasteiger partial charge in [0.2, 0.25) is 5.91 Å². The van der Waals surface area contributed by atoms with Crippen LogP contribution in [0, 0.1) is 6.92 Å². The molecular weight excluding hydrogens is 508 g/mol. The Bertz CT molecular complexity index is 1370. The third-order valence-corrected chi connectivity index (χ3v) is 7.61. The number of carbonyl (C=O) groups excluding carboxylic acids is 2. The second-order valence-electron chi connectivity index (χ2n) is 8.85. The van der Waals surface area contributed by atoms with Gasteiger partial charge in [-0.2, -0.15) is 10.1 Å². The molecule has 0 saturated heterocycles. The molecule has 37 heavy (non-hydrogen) atoms. The third-order valence-electron chi connectivity index (χ3n) is 6.22. The van der Waals surface area contributed by atoms with Gasteiger partial charge >= 0.3 is 0 Å². The number of nitrogens with zero attached hydrogens (tertiary/aromatic N) is 3. The number of ether oxygens (including phenoxy) is 1. The Labute approximate surface area is 224 Å². The molecule has 0 bridgehead atoms. The number of halogens is 1. The van der Waals surface area contributed by atoms with E-state index in [1.165, 1.54) is 11.8 Å². The Morgan fingerprint density at radius 3 is 2.46 bits per heavy atom. The zero-order chi connectivity index (χ0) is 25.9. The Hall–Kier alpha value is -3.62. The van der Waals surface area contributed by atoms with Gasteiger partial charge in [-0.3, -0.25) is 9.59 Å². The molecule has 7 nitrogen and oxygen atoms in total. The monoisotopic (exact) mass is 532 g/mol. The van der Waals surface area contributed by atoms with Crippen molar-refractivity contribution in [3.63, 3.8) is 0 Å². The van der Waals surface area contributed by atoms with Crippen molar-refractivity contribution in [2.45, 2.75) is 31.1 Å². The van der Waals surface area contributed by atoms with Crippen LogP contribution < -0.4 is 10.1 Å². The molecule has 0 aliphatic carbocycles. The van der Waals surface area contributed by atoms with E-state index in [0.717, 1.165) is 22.4 Å². The number of amidine groups is 1. The van der Waals surface area contributed by atoms with Gasteiger partial charge < -0.3 is 10.1 Å². The fourth-order valence-corrected chi connectivity index (χ4v) is 5.40. The number of rotatable bonds is 6. The van der Waals surface area contributed by atoms with E-state index < -0.39 is 5.25 Å². The number of amides is 2. The Morgan fingerprint density at radius 1 is 1.08 bits per heavy atom. The quantitative estimate of drug-likeness (QED) is 0.431. The topological polar surface area (TPSA) is 83.4 Å². The predicted molar refractivity (Wildman–Crippen MR) is 148 cm³/mol. The third kappa shape index (κ3) is 5.70. The molecule has 3 aromatic carbocycles. The molecule has 0 radical (unpaired) electrons. The highest BCUT2D eigenvalue weighted by Crippen LogP contribution is 2.38. The van der Waals surface area contributed by atoms with E-state index in [9.17, 15) is 9.59 Å². The van der Waals surface area contributed by atoms with Gasteiger partial charge in [-0.1, -0.05) is 65.3 Å². The lowest BCUT2D eigenvalue weighted by atomic mass is 9.98. The maximum Gasteiger partial charge on any atom is 0.262 e. The number of thioether (sulfide) groups is 1. The molecule has 2 heterocycles. The molecule has 1 N–H and O–H groups in total. The Morgan fingerprint density at radius 2 is 1.78 bits per heavy atom. The zero-order valence-corrected chi connectivity index (χ0v) is 21.9. The molecule has 0 aromatic heterocycles. The molecule has 3 aromatic rings. The van der Waals surface area contributed by atoms with Gasteiger partial charge in [0.25, 0.3) is 5.91 Å². The first-order chi connectivity index (χ1) is 17.9. The van der Waals surface area contributed by atoms with Crippen LogP contribution in [0.15, 0.2) is 82.9 Å². The predicted octanol–water partition coefficient (Wildman–Crippen LogP) is 5.83. The lowest BCUT2D eigenvalue weighted by Gasteiger charge is -2.23. The number of nitrogens with one attached hydrogen (secondary N) is 1. The molecule has 0 saturated carbocycles. The summed E-state index contributed by atoms with van der Waals surface area (Å²) in [6.45, 7) is 2.04. The second kappa shape index (κ2) is 10.8. The SMILES string of the molecule is COc1ccc(NC(=O)C[C@H]2SC(N3N=C(c4ccc(Cl)cc4)C[C@@H]3c3ccc(C)cc3)=NC2=O)cc1. The minimum atomic E-state index is -0.610. The lowest BCUT2D eigenvalue weighted by Crippen LogP contribution is -2.25. The number of anilines is 1. The number of hydrogen-bond donors (Lipinski definition) is 1. The van der Waals surface area contributed by atoms with E-state index in [0.29, 0.717) is 28.0 Å². The number of hydrazone groups is 1. The van der Waals surface area contributed by atoms with E-state index in [1.807, 2.05) is 36.2 Å². The van der Waals surface area contributed by atoms with E-state index in [-0.39, 0.29) is 24.3 Å². The van der Waals surface area contributed by atoms with Crippen LogP contribution in [0.3, 0.4) is 0 Å². The van der Waals surface area contributed by atoms with Crippen molar-refractivity contribution in [2.24, 2.45) is 10.1 Å². The highest BCUT2D eigenvalue weighted by molar-refractivity contribution is 8.15. The van der Waals surface area contributed by atoms with E-state index in [2.05, 4.69) is 34.6 Å². The number of methoxy groups -OCH3 is 1. The van der Waals surface area contributed by atoms with Gasteiger partial charge in [-0.05, 0) is 54.4 Å². The standard InChI is InChI=1S/C28H25ClN4O3S/c1-17-3-5-19(6-4-17)24-15-23(18-7-9-20(29)10-8-18)32-33(24)28-31-27(35)25(37-28)16-26(34)30-21-11-13-22(36-2)14-12-21/h3-14,24-25H,15-16H2,1-2H3,(H,30,34)/t24-,25-/m1/s1. The largest absolute Gasteiger partial charge is 0.497 e. The summed E-state index contributed by atoms with van der Waals surface area (Å²) >= 11 is 7.36. The normalized spacial score (nSPS) is 19.0. The van der Waals surface area contributed by atoms with Gasteiger partial charge in [0, 0.05) is 23.6 Å². The van der Waals surface area contributed by atoms with Crippen molar-refractivity contribution in [3.8, 4) is 5.75 Å². The molecule has 0 unspecified atom stereocenters. The maximum atomic E-state index is 12.8. The molecule has 2 aliphatic rings. The second-order valence-corrected chi connectivity index (χ2v) is 10.5. The summed E-state index contributed by atoms with van der Waals surface area (Å²) in [5, 5.41) is 10.1. The molecule has 2 amide bonds. The van der Waals surface area contributed by atoms with Crippen molar-refractivity contribution in [1.82, 2.24) is 5.01 Å². The number of hydrogen-bond acceptors (Lipinski definition) is 6. The highest BCUT2D eigenvalue weighted by atomic mass is 35.5. The van der Waals surface area contributed by atoms with E-state index in [1.54, 1.807) is 31.4 Å².